The molecule has 2 heterocycles. The van der Waals surface area contributed by atoms with Crippen LogP contribution in [0.2, 0.25) is 0 Å². The third-order valence-corrected chi connectivity index (χ3v) is 0.837. The molecule has 2 aromatic rings. The lowest BCUT2D eigenvalue weighted by molar-refractivity contribution is -0.726. The van der Waals surface area contributed by atoms with Gasteiger partial charge in [-0.1, -0.05) is 5.21 Å². The van der Waals surface area contributed by atoms with Gasteiger partial charge < -0.3 is 0 Å². The van der Waals surface area contributed by atoms with Crippen molar-refractivity contribution >= 4 is 0 Å². The van der Waals surface area contributed by atoms with Gasteiger partial charge in [-0.25, -0.2) is 0 Å². The standard InChI is InChI=1S/CHN9/c2-1(3-5-4-2)10-8-6-7-9-10/h(H,2,3,4,5)/p+1. The highest BCUT2D eigenvalue weighted by molar-refractivity contribution is 4.76. The van der Waals surface area contributed by atoms with Crippen LogP contribution < -0.4 is 4.80 Å². The Kier molecular flexibility index (Phi) is 0.877. The summed E-state index contributed by atoms with van der Waals surface area (Å²) in [5.74, 6) is 0.269. The monoisotopic (exact) mass is 140 g/mol. The Labute approximate surface area is 53.4 Å². The first-order valence-corrected chi connectivity index (χ1v) is 2.37. The molecule has 0 aliphatic carbocycles. The zero-order chi connectivity index (χ0) is 6.81. The van der Waals surface area contributed by atoms with Gasteiger partial charge in [-0.05, 0) is 9.90 Å². The Bertz CT molecular complexity index is 244. The molecule has 0 spiro atoms. The second-order valence-corrected chi connectivity index (χ2v) is 1.40. The maximum absolute atomic E-state index is 3.60. The Balaban J connectivity index is 2.48. The highest BCUT2D eigenvalue weighted by atomic mass is 15.7. The fourth-order valence-corrected chi connectivity index (χ4v) is 0.473. The van der Waals surface area contributed by atoms with Gasteiger partial charge in [-0.15, -0.1) is 5.21 Å². The number of H-pyrrole nitrogens is 2. The molecule has 0 bridgehead atoms. The highest BCUT2D eigenvalue weighted by Gasteiger charge is 2.10. The molecule has 0 aliphatic rings. The molecule has 0 atom stereocenters. The molecule has 0 unspecified atom stereocenters. The van der Waals surface area contributed by atoms with Crippen LogP contribution in [0.5, 0.6) is 0 Å². The summed E-state index contributed by atoms with van der Waals surface area (Å²) in [6, 6.07) is 0. The van der Waals surface area contributed by atoms with Crippen molar-refractivity contribution in [2.45, 2.75) is 0 Å². The summed E-state index contributed by atoms with van der Waals surface area (Å²) in [4.78, 5) is 1.17. The van der Waals surface area contributed by atoms with Crippen LogP contribution in [0, 0.1) is 0 Å². The predicted octanol–water partition coefficient (Wildman–Crippen LogP) is -3.01. The topological polar surface area (TPSA) is 113 Å². The normalized spacial score (nSPS) is 10.0. The molecule has 9 nitrogen and oxygen atoms in total. The second-order valence-electron chi connectivity index (χ2n) is 1.40. The number of hydrogen-bond acceptors (Lipinski definition) is 6. The largest absolute Gasteiger partial charge is 0.439 e. The summed E-state index contributed by atoms with van der Waals surface area (Å²) in [5.41, 5.74) is 0. The van der Waals surface area contributed by atoms with Gasteiger partial charge in [0.15, 0.2) is 0 Å². The predicted molar refractivity (Wildman–Crippen MR) is 23.4 cm³/mol. The van der Waals surface area contributed by atoms with E-state index >= 15 is 0 Å². The lowest BCUT2D eigenvalue weighted by Crippen LogP contribution is -2.37. The van der Waals surface area contributed by atoms with Crippen LogP contribution in [0.4, 0.5) is 0 Å². The molecule has 50 valence electrons. The highest BCUT2D eigenvalue weighted by Crippen LogP contribution is 1.70. The SMILES string of the molecule is n1n[nH][n+](-c2nn[nH]n2)n1. The Morgan fingerprint density at radius 3 is 2.90 bits per heavy atom. The Hall–Kier alpha value is -1.93. The van der Waals surface area contributed by atoms with Crippen LogP contribution in [-0.4, -0.2) is 41.5 Å². The summed E-state index contributed by atoms with van der Waals surface area (Å²) >= 11 is 0. The van der Waals surface area contributed by atoms with Gasteiger partial charge in [-0.3, -0.25) is 0 Å². The summed E-state index contributed by atoms with van der Waals surface area (Å²) < 4.78 is 0. The van der Waals surface area contributed by atoms with E-state index in [-0.39, 0.29) is 5.95 Å². The molecule has 2 rings (SSSR count). The van der Waals surface area contributed by atoms with E-state index in [2.05, 4.69) is 41.5 Å². The minimum atomic E-state index is 0.269. The fraction of sp³-hybridized carbons (Fsp3) is 0. The van der Waals surface area contributed by atoms with Gasteiger partial charge in [-0.2, -0.15) is 0 Å². The van der Waals surface area contributed by atoms with Crippen molar-refractivity contribution in [2.75, 3.05) is 0 Å². The number of aromatic amines is 2. The molecular weight excluding hydrogens is 138 g/mol. The van der Waals surface area contributed by atoms with E-state index in [1.807, 2.05) is 0 Å². The lowest BCUT2D eigenvalue weighted by atomic mass is 11.1. The van der Waals surface area contributed by atoms with Crippen molar-refractivity contribution < 1.29 is 4.80 Å². The summed E-state index contributed by atoms with van der Waals surface area (Å²) in [7, 11) is 0. The zero-order valence-corrected chi connectivity index (χ0v) is 4.63. The second kappa shape index (κ2) is 1.79. The van der Waals surface area contributed by atoms with Crippen LogP contribution in [0.15, 0.2) is 0 Å². The number of rotatable bonds is 1. The Morgan fingerprint density at radius 2 is 2.30 bits per heavy atom. The van der Waals surface area contributed by atoms with Gasteiger partial charge in [0, 0.05) is 10.3 Å². The van der Waals surface area contributed by atoms with Gasteiger partial charge in [0.2, 0.25) is 0 Å². The van der Waals surface area contributed by atoms with Crippen LogP contribution in [0.3, 0.4) is 0 Å². The minimum absolute atomic E-state index is 0.269. The molecule has 2 N–H and O–H groups in total. The summed E-state index contributed by atoms with van der Waals surface area (Å²) in [6.45, 7) is 0. The molecule has 9 heteroatoms. The average molecular weight is 140 g/mol. The number of nitrogens with one attached hydrogen (secondary N) is 2. The third-order valence-electron chi connectivity index (χ3n) is 0.837. The van der Waals surface area contributed by atoms with E-state index in [0.29, 0.717) is 0 Å². The Morgan fingerprint density at radius 1 is 1.30 bits per heavy atom. The molecule has 0 aromatic carbocycles. The maximum atomic E-state index is 3.60. The molecule has 0 amide bonds. The first kappa shape index (κ1) is 4.90. The minimum Gasteiger partial charge on any atom is -0.129 e. The van der Waals surface area contributed by atoms with E-state index < -0.39 is 0 Å². The number of nitrogens with zero attached hydrogens (tertiary/aromatic N) is 7. The van der Waals surface area contributed by atoms with E-state index in [0.717, 1.165) is 0 Å². The number of aromatic nitrogens is 9. The van der Waals surface area contributed by atoms with Crippen LogP contribution in [0.25, 0.3) is 5.95 Å². The zero-order valence-electron chi connectivity index (χ0n) is 4.63. The first-order chi connectivity index (χ1) is 4.97. The van der Waals surface area contributed by atoms with Crippen molar-refractivity contribution in [3.8, 4) is 5.95 Å². The molecule has 0 fully saturated rings. The number of tetrazole rings is 1. The molecule has 0 aliphatic heterocycles. The summed E-state index contributed by atoms with van der Waals surface area (Å²) in [5, 5.41) is 25.2. The number of hydrogen-bond donors (Lipinski definition) is 2. The molecule has 10 heavy (non-hydrogen) atoms. The van der Waals surface area contributed by atoms with Crippen molar-refractivity contribution in [3.05, 3.63) is 0 Å². The van der Waals surface area contributed by atoms with Gasteiger partial charge in [0.05, 0.1) is 5.21 Å². The van der Waals surface area contributed by atoms with Crippen molar-refractivity contribution in [1.82, 2.24) is 41.5 Å². The van der Waals surface area contributed by atoms with E-state index in [9.17, 15) is 0 Å². The van der Waals surface area contributed by atoms with Crippen molar-refractivity contribution in [2.24, 2.45) is 0 Å². The van der Waals surface area contributed by atoms with Crippen molar-refractivity contribution in [3.63, 3.8) is 0 Å². The summed E-state index contributed by atoms with van der Waals surface area (Å²) in [6.07, 6.45) is 0. The molecule has 2 aromatic heterocycles. The van der Waals surface area contributed by atoms with E-state index in [1.165, 1.54) is 4.80 Å². The quantitative estimate of drug-likeness (QED) is 0.408. The van der Waals surface area contributed by atoms with Crippen LogP contribution in [-0.2, 0) is 0 Å². The molecule has 0 saturated carbocycles. The maximum Gasteiger partial charge on any atom is 0.439 e. The first-order valence-electron chi connectivity index (χ1n) is 2.37. The average Bonchev–Trinajstić information content (AvgIpc) is 2.59. The van der Waals surface area contributed by atoms with Crippen LogP contribution >= 0.6 is 0 Å². The van der Waals surface area contributed by atoms with E-state index in [1.54, 1.807) is 0 Å². The van der Waals surface area contributed by atoms with Gasteiger partial charge in [0.25, 0.3) is 0 Å². The van der Waals surface area contributed by atoms with E-state index in [4.69, 9.17) is 0 Å². The third kappa shape index (κ3) is 0.604. The molecular formula is CH2N9+. The molecule has 0 saturated heterocycles. The van der Waals surface area contributed by atoms with Gasteiger partial charge in [0.1, 0.15) is 10.4 Å². The molecule has 0 radical (unpaired) electrons. The fourth-order valence-electron chi connectivity index (χ4n) is 0.473. The smallest absolute Gasteiger partial charge is 0.129 e. The van der Waals surface area contributed by atoms with Crippen molar-refractivity contribution in [1.29, 1.82) is 0 Å². The lowest BCUT2D eigenvalue weighted by Gasteiger charge is -1.73. The van der Waals surface area contributed by atoms with Gasteiger partial charge >= 0.3 is 5.95 Å². The van der Waals surface area contributed by atoms with Crippen LogP contribution in [0.1, 0.15) is 0 Å².